The Balaban J connectivity index is 1.59. The smallest absolute Gasteiger partial charge is 0.317 e. The summed E-state index contributed by atoms with van der Waals surface area (Å²) >= 11 is 0. The summed E-state index contributed by atoms with van der Waals surface area (Å²) in [6.07, 6.45) is 1.44. The summed E-state index contributed by atoms with van der Waals surface area (Å²) in [7, 11) is 0. The van der Waals surface area contributed by atoms with Crippen LogP contribution in [0.15, 0.2) is 30.3 Å². The Kier molecular flexibility index (Phi) is 6.40. The van der Waals surface area contributed by atoms with Gasteiger partial charge in [-0.2, -0.15) is 0 Å². The van der Waals surface area contributed by atoms with Crippen molar-refractivity contribution in [1.82, 2.24) is 10.2 Å². The number of carbonyl (C=O) groups excluding carboxylic acids is 2. The molecule has 0 radical (unpaired) electrons. The molecule has 1 heterocycles. The number of ether oxygens (including phenoxy) is 1. The van der Waals surface area contributed by atoms with Crippen molar-refractivity contribution in [1.29, 1.82) is 0 Å². The number of nitrogens with two attached hydrogens (primary N) is 1. The lowest BCUT2D eigenvalue weighted by Gasteiger charge is -2.17. The van der Waals surface area contributed by atoms with E-state index in [-0.39, 0.29) is 24.0 Å². The first-order valence-corrected chi connectivity index (χ1v) is 8.06. The number of nitrogens with zero attached hydrogens (tertiary/aromatic N) is 1. The van der Waals surface area contributed by atoms with Crippen molar-refractivity contribution in [3.05, 3.63) is 35.9 Å². The topological polar surface area (TPSA) is 84.7 Å². The van der Waals surface area contributed by atoms with Crippen LogP contribution in [0.4, 0.5) is 4.79 Å². The standard InChI is InChI=1S/C17H25N3O3/c1-13(14-6-3-2-4-7-14)23-11-5-9-19-17(22)20-10-8-15(12-20)16(18)21/h2-4,6-7,13,15H,5,8-12H2,1H3,(H2,18,21)(H,19,22). The molecule has 3 N–H and O–H groups in total. The molecular formula is C17H25N3O3. The first-order valence-electron chi connectivity index (χ1n) is 8.06. The van der Waals surface area contributed by atoms with Crippen LogP contribution in [0.25, 0.3) is 0 Å². The Labute approximate surface area is 137 Å². The number of primary amides is 1. The highest BCUT2D eigenvalue weighted by atomic mass is 16.5. The maximum Gasteiger partial charge on any atom is 0.317 e. The predicted octanol–water partition coefficient (Wildman–Crippen LogP) is 1.67. The van der Waals surface area contributed by atoms with Gasteiger partial charge in [0.25, 0.3) is 0 Å². The number of rotatable bonds is 7. The lowest BCUT2D eigenvalue weighted by Crippen LogP contribution is -2.40. The summed E-state index contributed by atoms with van der Waals surface area (Å²) < 4.78 is 5.76. The van der Waals surface area contributed by atoms with E-state index in [2.05, 4.69) is 5.32 Å². The number of carbonyl (C=O) groups is 2. The normalized spacial score (nSPS) is 18.7. The molecule has 1 aliphatic rings. The molecule has 126 valence electrons. The molecule has 1 aromatic rings. The molecule has 2 unspecified atom stereocenters. The van der Waals surface area contributed by atoms with Crippen LogP contribution in [0.3, 0.4) is 0 Å². The van der Waals surface area contributed by atoms with Crippen molar-refractivity contribution < 1.29 is 14.3 Å². The molecule has 23 heavy (non-hydrogen) atoms. The highest BCUT2D eigenvalue weighted by Crippen LogP contribution is 2.16. The minimum atomic E-state index is -0.330. The molecule has 2 rings (SSSR count). The zero-order chi connectivity index (χ0) is 16.7. The van der Waals surface area contributed by atoms with E-state index in [0.717, 1.165) is 12.0 Å². The van der Waals surface area contributed by atoms with Crippen LogP contribution in [0, 0.1) is 5.92 Å². The second kappa shape index (κ2) is 8.53. The van der Waals surface area contributed by atoms with Crippen molar-refractivity contribution in [2.45, 2.75) is 25.9 Å². The van der Waals surface area contributed by atoms with Crippen LogP contribution >= 0.6 is 0 Å². The molecule has 0 aliphatic carbocycles. The first-order chi connectivity index (χ1) is 11.1. The summed E-state index contributed by atoms with van der Waals surface area (Å²) in [4.78, 5) is 24.7. The molecule has 0 bridgehead atoms. The summed E-state index contributed by atoms with van der Waals surface area (Å²) in [6.45, 7) is 4.16. The van der Waals surface area contributed by atoms with E-state index in [1.54, 1.807) is 4.90 Å². The average Bonchev–Trinajstić information content (AvgIpc) is 3.05. The van der Waals surface area contributed by atoms with Gasteiger partial charge in [-0.1, -0.05) is 30.3 Å². The van der Waals surface area contributed by atoms with E-state index in [1.165, 1.54) is 0 Å². The van der Waals surface area contributed by atoms with E-state index < -0.39 is 0 Å². The fraction of sp³-hybridized carbons (Fsp3) is 0.529. The highest BCUT2D eigenvalue weighted by Gasteiger charge is 2.29. The third-order valence-corrected chi connectivity index (χ3v) is 4.11. The number of benzene rings is 1. The zero-order valence-electron chi connectivity index (χ0n) is 13.5. The minimum Gasteiger partial charge on any atom is -0.374 e. The molecule has 0 saturated carbocycles. The Morgan fingerprint density at radius 3 is 2.78 bits per heavy atom. The molecular weight excluding hydrogens is 294 g/mol. The summed E-state index contributed by atoms with van der Waals surface area (Å²) in [5.74, 6) is -0.542. The van der Waals surface area contributed by atoms with Gasteiger partial charge < -0.3 is 20.7 Å². The van der Waals surface area contributed by atoms with E-state index >= 15 is 0 Å². The van der Waals surface area contributed by atoms with Crippen LogP contribution < -0.4 is 11.1 Å². The lowest BCUT2D eigenvalue weighted by atomic mass is 10.1. The Hall–Kier alpha value is -2.08. The lowest BCUT2D eigenvalue weighted by molar-refractivity contribution is -0.121. The summed E-state index contributed by atoms with van der Waals surface area (Å²) in [5.41, 5.74) is 6.41. The van der Waals surface area contributed by atoms with Gasteiger partial charge in [0.1, 0.15) is 0 Å². The van der Waals surface area contributed by atoms with Crippen LogP contribution in [-0.4, -0.2) is 43.1 Å². The van der Waals surface area contributed by atoms with Gasteiger partial charge in [0, 0.05) is 26.2 Å². The number of amides is 3. The number of likely N-dealkylation sites (tertiary alicyclic amines) is 1. The molecule has 1 aromatic carbocycles. The molecule has 2 atom stereocenters. The second-order valence-electron chi connectivity index (χ2n) is 5.84. The van der Waals surface area contributed by atoms with Crippen LogP contribution in [-0.2, 0) is 9.53 Å². The van der Waals surface area contributed by atoms with Gasteiger partial charge in [0.2, 0.25) is 5.91 Å². The summed E-state index contributed by atoms with van der Waals surface area (Å²) in [6, 6.07) is 9.90. The number of hydrogen-bond donors (Lipinski definition) is 2. The van der Waals surface area contributed by atoms with Crippen LogP contribution in [0.1, 0.15) is 31.4 Å². The van der Waals surface area contributed by atoms with Gasteiger partial charge in [-0.25, -0.2) is 4.79 Å². The van der Waals surface area contributed by atoms with E-state index in [9.17, 15) is 9.59 Å². The van der Waals surface area contributed by atoms with Crippen LogP contribution in [0.5, 0.6) is 0 Å². The molecule has 1 saturated heterocycles. The van der Waals surface area contributed by atoms with Crippen molar-refractivity contribution >= 4 is 11.9 Å². The third-order valence-electron chi connectivity index (χ3n) is 4.11. The van der Waals surface area contributed by atoms with Crippen LogP contribution in [0.2, 0.25) is 0 Å². The van der Waals surface area contributed by atoms with Crippen molar-refractivity contribution in [3.63, 3.8) is 0 Å². The predicted molar refractivity (Wildman–Crippen MR) is 87.7 cm³/mol. The number of urea groups is 1. The van der Waals surface area contributed by atoms with Crippen molar-refractivity contribution in [3.8, 4) is 0 Å². The Morgan fingerprint density at radius 2 is 2.13 bits per heavy atom. The minimum absolute atomic E-state index is 0.0433. The second-order valence-corrected chi connectivity index (χ2v) is 5.84. The molecule has 1 fully saturated rings. The average molecular weight is 319 g/mol. The molecule has 0 spiro atoms. The summed E-state index contributed by atoms with van der Waals surface area (Å²) in [5, 5.41) is 2.85. The molecule has 6 nitrogen and oxygen atoms in total. The van der Waals surface area contributed by atoms with Gasteiger partial charge in [-0.3, -0.25) is 4.79 Å². The van der Waals surface area contributed by atoms with Crippen molar-refractivity contribution in [2.24, 2.45) is 11.7 Å². The van der Waals surface area contributed by atoms with E-state index in [1.807, 2.05) is 37.3 Å². The van der Waals surface area contributed by atoms with Gasteiger partial charge in [-0.15, -0.1) is 0 Å². The molecule has 6 heteroatoms. The van der Waals surface area contributed by atoms with E-state index in [0.29, 0.717) is 32.7 Å². The Bertz CT molecular complexity index is 521. The monoisotopic (exact) mass is 319 g/mol. The fourth-order valence-corrected chi connectivity index (χ4v) is 2.64. The van der Waals surface area contributed by atoms with Gasteiger partial charge in [0.15, 0.2) is 0 Å². The molecule has 1 aliphatic heterocycles. The quantitative estimate of drug-likeness (QED) is 0.750. The number of nitrogens with one attached hydrogen (secondary N) is 1. The zero-order valence-corrected chi connectivity index (χ0v) is 13.5. The molecule has 3 amide bonds. The van der Waals surface area contributed by atoms with Gasteiger partial charge in [-0.05, 0) is 25.3 Å². The van der Waals surface area contributed by atoms with Crippen molar-refractivity contribution in [2.75, 3.05) is 26.2 Å². The number of hydrogen-bond acceptors (Lipinski definition) is 3. The van der Waals surface area contributed by atoms with E-state index in [4.69, 9.17) is 10.5 Å². The van der Waals surface area contributed by atoms with Gasteiger partial charge >= 0.3 is 6.03 Å². The largest absolute Gasteiger partial charge is 0.374 e. The fourth-order valence-electron chi connectivity index (χ4n) is 2.64. The Morgan fingerprint density at radius 1 is 1.39 bits per heavy atom. The maximum absolute atomic E-state index is 12.0. The van der Waals surface area contributed by atoms with Gasteiger partial charge in [0.05, 0.1) is 12.0 Å². The third kappa shape index (κ3) is 5.25. The SMILES string of the molecule is CC(OCCCNC(=O)N1CCC(C(N)=O)C1)c1ccccc1. The highest BCUT2D eigenvalue weighted by molar-refractivity contribution is 5.80. The first kappa shape index (κ1) is 17.3. The maximum atomic E-state index is 12.0. The molecule has 0 aromatic heterocycles.